The highest BCUT2D eigenvalue weighted by Gasteiger charge is 1.98. The molecule has 0 spiro atoms. The minimum absolute atomic E-state index is 1.21. The summed E-state index contributed by atoms with van der Waals surface area (Å²) < 4.78 is 0. The van der Waals surface area contributed by atoms with E-state index < -0.39 is 0 Å². The van der Waals surface area contributed by atoms with E-state index in [-0.39, 0.29) is 0 Å². The van der Waals surface area contributed by atoms with Gasteiger partial charge in [-0.3, -0.25) is 0 Å². The van der Waals surface area contributed by atoms with Gasteiger partial charge in [-0.2, -0.15) is 0 Å². The zero-order chi connectivity index (χ0) is 38.6. The zero-order valence-electron chi connectivity index (χ0n) is 38.2. The Balaban J connectivity index is 0. The average molecular weight is 745 g/mol. The van der Waals surface area contributed by atoms with Gasteiger partial charge in [-0.25, -0.2) is 0 Å². The Bertz CT molecular complexity index is 553. The standard InChI is InChI=1S/C27H56.C26H52/c1-3-5-7-9-11-13-15-17-19-21-23-25-27-26-24-22-20-18-16-14-12-10-8-6-4-2;1-3-5-7-9-11-13-15-17-19-21-23-25-26-24-22-20-18-16-14-12-10-8-6-4-2/h3-27H2,1-2H3;3H,1,4-26H2,2H3. The summed E-state index contributed by atoms with van der Waals surface area (Å²) in [5.41, 5.74) is 0. The van der Waals surface area contributed by atoms with E-state index in [1.165, 1.54) is 308 Å². The summed E-state index contributed by atoms with van der Waals surface area (Å²) in [6.07, 6.45) is 72.3. The summed E-state index contributed by atoms with van der Waals surface area (Å²) in [6.45, 7) is 10.7. The Kier molecular flexibility index (Phi) is 58.0. The van der Waals surface area contributed by atoms with Crippen LogP contribution in [0.1, 0.15) is 329 Å². The highest BCUT2D eigenvalue weighted by Crippen LogP contribution is 2.17. The molecule has 0 aromatic rings. The fourth-order valence-corrected chi connectivity index (χ4v) is 8.11. The van der Waals surface area contributed by atoms with Crippen LogP contribution in [0.25, 0.3) is 0 Å². The fourth-order valence-electron chi connectivity index (χ4n) is 8.11. The molecule has 53 heavy (non-hydrogen) atoms. The molecular weight excluding hydrogens is 637 g/mol. The van der Waals surface area contributed by atoms with Gasteiger partial charge in [0.2, 0.25) is 0 Å². The van der Waals surface area contributed by atoms with Crippen molar-refractivity contribution in [1.29, 1.82) is 0 Å². The van der Waals surface area contributed by atoms with E-state index >= 15 is 0 Å². The summed E-state index contributed by atoms with van der Waals surface area (Å²) in [7, 11) is 0. The van der Waals surface area contributed by atoms with Crippen molar-refractivity contribution in [3.8, 4) is 0 Å². The number of hydrogen-bond donors (Lipinski definition) is 0. The van der Waals surface area contributed by atoms with Gasteiger partial charge in [0.05, 0.1) is 0 Å². The number of allylic oxidation sites excluding steroid dienone is 1. The molecule has 0 aromatic heterocycles. The Morgan fingerprint density at radius 1 is 0.189 bits per heavy atom. The van der Waals surface area contributed by atoms with E-state index in [1.807, 2.05) is 0 Å². The summed E-state index contributed by atoms with van der Waals surface area (Å²) in [5.74, 6) is 0. The number of rotatable bonds is 47. The summed E-state index contributed by atoms with van der Waals surface area (Å²) in [4.78, 5) is 0. The second kappa shape index (κ2) is 56.1. The molecule has 0 aliphatic carbocycles. The molecule has 0 heterocycles. The first-order chi connectivity index (χ1) is 26.3. The number of unbranched alkanes of at least 4 members (excludes halogenated alkanes) is 46. The minimum atomic E-state index is 1.21. The maximum absolute atomic E-state index is 3.79. The molecule has 0 unspecified atom stereocenters. The molecular formula is C53H108. The second-order valence-corrected chi connectivity index (χ2v) is 17.6. The zero-order valence-corrected chi connectivity index (χ0v) is 38.2. The van der Waals surface area contributed by atoms with Crippen molar-refractivity contribution in [1.82, 2.24) is 0 Å². The molecule has 0 amide bonds. The van der Waals surface area contributed by atoms with E-state index in [1.54, 1.807) is 0 Å². The van der Waals surface area contributed by atoms with Gasteiger partial charge >= 0.3 is 0 Å². The van der Waals surface area contributed by atoms with E-state index in [4.69, 9.17) is 0 Å². The van der Waals surface area contributed by atoms with Crippen LogP contribution in [0.5, 0.6) is 0 Å². The van der Waals surface area contributed by atoms with Gasteiger partial charge in [-0.05, 0) is 12.8 Å². The van der Waals surface area contributed by atoms with Crippen LogP contribution in [0.2, 0.25) is 0 Å². The van der Waals surface area contributed by atoms with Crippen molar-refractivity contribution < 1.29 is 0 Å². The van der Waals surface area contributed by atoms with Gasteiger partial charge < -0.3 is 0 Å². The first-order valence-corrected chi connectivity index (χ1v) is 25.9. The highest BCUT2D eigenvalue weighted by molar-refractivity contribution is 4.65. The minimum Gasteiger partial charge on any atom is -0.103 e. The molecule has 0 fully saturated rings. The van der Waals surface area contributed by atoms with Crippen molar-refractivity contribution in [2.75, 3.05) is 0 Å². The molecule has 0 N–H and O–H groups in total. The van der Waals surface area contributed by atoms with E-state index in [9.17, 15) is 0 Å². The molecule has 0 aliphatic rings. The fraction of sp³-hybridized carbons (Fsp3) is 0.962. The Morgan fingerprint density at radius 3 is 0.415 bits per heavy atom. The average Bonchev–Trinajstić information content (AvgIpc) is 3.17. The molecule has 0 rings (SSSR count). The predicted molar refractivity (Wildman–Crippen MR) is 249 cm³/mol. The lowest BCUT2D eigenvalue weighted by Gasteiger charge is -2.04. The van der Waals surface area contributed by atoms with Gasteiger partial charge in [-0.15, -0.1) is 6.58 Å². The molecule has 0 aliphatic heterocycles. The Labute approximate surface area is 340 Å². The lowest BCUT2D eigenvalue weighted by Crippen LogP contribution is -1.84. The third kappa shape index (κ3) is 58.6. The third-order valence-electron chi connectivity index (χ3n) is 12.0. The SMILES string of the molecule is C=CCCCCCCCCCCCCCCCCCCCCCCCC.CCCCCCCCCCCCCCCCCCCCCCCCCCC. The van der Waals surface area contributed by atoms with E-state index in [0.717, 1.165) is 0 Å². The van der Waals surface area contributed by atoms with Gasteiger partial charge in [0.25, 0.3) is 0 Å². The normalized spacial score (nSPS) is 11.2. The van der Waals surface area contributed by atoms with Gasteiger partial charge in [0.15, 0.2) is 0 Å². The van der Waals surface area contributed by atoms with Crippen molar-refractivity contribution in [3.63, 3.8) is 0 Å². The van der Waals surface area contributed by atoms with Crippen molar-refractivity contribution >= 4 is 0 Å². The monoisotopic (exact) mass is 745 g/mol. The van der Waals surface area contributed by atoms with E-state index in [2.05, 4.69) is 33.4 Å². The first-order valence-electron chi connectivity index (χ1n) is 25.9. The lowest BCUT2D eigenvalue weighted by atomic mass is 10.0. The third-order valence-corrected chi connectivity index (χ3v) is 12.0. The van der Waals surface area contributed by atoms with Crippen LogP contribution >= 0.6 is 0 Å². The lowest BCUT2D eigenvalue weighted by molar-refractivity contribution is 0.517. The van der Waals surface area contributed by atoms with Gasteiger partial charge in [-0.1, -0.05) is 322 Å². The number of hydrogen-bond acceptors (Lipinski definition) is 0. The molecule has 0 radical (unpaired) electrons. The van der Waals surface area contributed by atoms with Gasteiger partial charge in [0, 0.05) is 0 Å². The predicted octanol–water partition coefficient (Wildman–Crippen LogP) is 20.9. The van der Waals surface area contributed by atoms with Crippen molar-refractivity contribution in [2.45, 2.75) is 329 Å². The van der Waals surface area contributed by atoms with Crippen LogP contribution < -0.4 is 0 Å². The maximum Gasteiger partial charge on any atom is -0.0353 e. The quantitative estimate of drug-likeness (QED) is 0.0430. The van der Waals surface area contributed by atoms with Crippen LogP contribution in [0.4, 0.5) is 0 Å². The summed E-state index contributed by atoms with van der Waals surface area (Å²) in [5, 5.41) is 0. The molecule has 0 saturated heterocycles. The van der Waals surface area contributed by atoms with Crippen LogP contribution in [-0.4, -0.2) is 0 Å². The molecule has 0 saturated carbocycles. The van der Waals surface area contributed by atoms with Gasteiger partial charge in [0.1, 0.15) is 0 Å². The van der Waals surface area contributed by atoms with E-state index in [0.29, 0.717) is 0 Å². The summed E-state index contributed by atoms with van der Waals surface area (Å²) in [6, 6.07) is 0. The molecule has 0 nitrogen and oxygen atoms in total. The van der Waals surface area contributed by atoms with Crippen LogP contribution in [0.15, 0.2) is 12.7 Å². The topological polar surface area (TPSA) is 0 Å². The highest BCUT2D eigenvalue weighted by atomic mass is 14.0. The largest absolute Gasteiger partial charge is 0.103 e. The Hall–Kier alpha value is -0.260. The Morgan fingerprint density at radius 2 is 0.302 bits per heavy atom. The van der Waals surface area contributed by atoms with Crippen LogP contribution in [0, 0.1) is 0 Å². The smallest absolute Gasteiger partial charge is 0.0353 e. The molecule has 0 bridgehead atoms. The first kappa shape index (κ1) is 54.8. The maximum atomic E-state index is 3.79. The summed E-state index contributed by atoms with van der Waals surface area (Å²) >= 11 is 0. The van der Waals surface area contributed by atoms with Crippen molar-refractivity contribution in [3.05, 3.63) is 12.7 Å². The second-order valence-electron chi connectivity index (χ2n) is 17.6. The molecule has 0 aromatic carbocycles. The van der Waals surface area contributed by atoms with Crippen LogP contribution in [-0.2, 0) is 0 Å². The molecule has 320 valence electrons. The van der Waals surface area contributed by atoms with Crippen molar-refractivity contribution in [2.24, 2.45) is 0 Å². The van der Waals surface area contributed by atoms with Crippen LogP contribution in [0.3, 0.4) is 0 Å². The molecule has 0 atom stereocenters. The molecule has 0 heteroatoms.